The van der Waals surface area contributed by atoms with Crippen LogP contribution < -0.4 is 5.11 Å². The number of carbonyl (C=O) groups is 3. The van der Waals surface area contributed by atoms with Crippen LogP contribution >= 0.6 is 0 Å². The lowest BCUT2D eigenvalue weighted by Crippen LogP contribution is -2.62. The van der Waals surface area contributed by atoms with Crippen LogP contribution in [-0.2, 0) is 28.6 Å². The second-order valence-corrected chi connectivity index (χ2v) is 4.60. The first-order chi connectivity index (χ1) is 10.8. The van der Waals surface area contributed by atoms with E-state index in [1.165, 1.54) is 0 Å². The van der Waals surface area contributed by atoms with E-state index >= 15 is 0 Å². The molecule has 1 unspecified atom stereocenters. The number of carboxylic acid groups (broad SMARTS) is 1. The smallest absolute Gasteiger partial charge is 0.437 e. The number of cyclic esters (lactones) is 1. The van der Waals surface area contributed by atoms with Crippen molar-refractivity contribution in [2.24, 2.45) is 0 Å². The lowest BCUT2D eigenvalue weighted by molar-refractivity contribution is -0.381. The summed E-state index contributed by atoms with van der Waals surface area (Å²) in [6.45, 7) is -1.54. The van der Waals surface area contributed by atoms with Crippen LogP contribution in [0.4, 0.5) is 26.3 Å². The average Bonchev–Trinajstić information content (AvgIpc) is 2.78. The van der Waals surface area contributed by atoms with Crippen molar-refractivity contribution >= 4 is 17.9 Å². The second-order valence-electron chi connectivity index (χ2n) is 4.60. The zero-order chi connectivity index (χ0) is 18.8. The van der Waals surface area contributed by atoms with Gasteiger partial charge in [0.1, 0.15) is 6.61 Å². The minimum Gasteiger partial charge on any atom is -0.550 e. The number of alkyl halides is 6. The van der Waals surface area contributed by atoms with E-state index in [1.54, 1.807) is 0 Å². The maximum Gasteiger partial charge on any atom is 0.437 e. The van der Waals surface area contributed by atoms with Gasteiger partial charge in [0.05, 0.1) is 6.61 Å². The molecule has 0 aromatic heterocycles. The Labute approximate surface area is 129 Å². The van der Waals surface area contributed by atoms with Crippen LogP contribution in [-0.4, -0.2) is 55.2 Å². The molecule has 0 radical (unpaired) electrons. The Morgan fingerprint density at radius 2 is 1.71 bits per heavy atom. The number of hydrogen-bond acceptors (Lipinski definition) is 7. The Kier molecular flexibility index (Phi) is 5.69. The summed E-state index contributed by atoms with van der Waals surface area (Å²) >= 11 is 0. The standard InChI is InChI=1S/C11H10F6O7/c12-10(13,14)9(3-6(18)19,11(15,16)17)24-7(20)4-23-5-1-2-22-8(5)21/h5H,1-4H2,(H,18,19)/p-1. The first kappa shape index (κ1) is 20.0. The van der Waals surface area contributed by atoms with Gasteiger partial charge in [0, 0.05) is 18.8 Å². The summed E-state index contributed by atoms with van der Waals surface area (Å²) in [5.74, 6) is -5.85. The van der Waals surface area contributed by atoms with E-state index in [4.69, 9.17) is 0 Å². The van der Waals surface area contributed by atoms with Crippen molar-refractivity contribution in [1.29, 1.82) is 0 Å². The summed E-state index contributed by atoms with van der Waals surface area (Å²) in [4.78, 5) is 32.6. The van der Waals surface area contributed by atoms with Gasteiger partial charge in [0.15, 0.2) is 6.10 Å². The van der Waals surface area contributed by atoms with E-state index in [0.29, 0.717) is 0 Å². The van der Waals surface area contributed by atoms with Gasteiger partial charge < -0.3 is 24.1 Å². The number of aliphatic carboxylic acids is 1. The van der Waals surface area contributed by atoms with Crippen LogP contribution in [0.15, 0.2) is 0 Å². The van der Waals surface area contributed by atoms with Crippen LogP contribution in [0.3, 0.4) is 0 Å². The van der Waals surface area contributed by atoms with Crippen molar-refractivity contribution in [3.63, 3.8) is 0 Å². The molecule has 0 saturated carbocycles. The first-order valence-corrected chi connectivity index (χ1v) is 6.13. The quantitative estimate of drug-likeness (QED) is 0.476. The van der Waals surface area contributed by atoms with E-state index in [1.807, 2.05) is 0 Å². The highest BCUT2D eigenvalue weighted by molar-refractivity contribution is 5.77. The highest BCUT2D eigenvalue weighted by Crippen LogP contribution is 2.48. The van der Waals surface area contributed by atoms with E-state index in [-0.39, 0.29) is 13.0 Å². The Balaban J connectivity index is 2.93. The molecule has 1 atom stereocenters. The van der Waals surface area contributed by atoms with Crippen LogP contribution in [0.5, 0.6) is 0 Å². The van der Waals surface area contributed by atoms with Gasteiger partial charge in [-0.1, -0.05) is 0 Å². The van der Waals surface area contributed by atoms with Crippen LogP contribution in [0.25, 0.3) is 0 Å². The first-order valence-electron chi connectivity index (χ1n) is 6.13. The average molecular weight is 367 g/mol. The topological polar surface area (TPSA) is 102 Å². The van der Waals surface area contributed by atoms with E-state index < -0.39 is 55.0 Å². The molecule has 138 valence electrons. The van der Waals surface area contributed by atoms with Crippen molar-refractivity contribution < 1.29 is 60.0 Å². The molecule has 0 amide bonds. The molecule has 1 heterocycles. The van der Waals surface area contributed by atoms with Crippen molar-refractivity contribution in [2.75, 3.05) is 13.2 Å². The van der Waals surface area contributed by atoms with E-state index in [0.717, 1.165) is 0 Å². The molecular formula is C11H9F6O7-. The number of ether oxygens (including phenoxy) is 3. The predicted octanol–water partition coefficient (Wildman–Crippen LogP) is -0.135. The zero-order valence-corrected chi connectivity index (χ0v) is 11.5. The number of esters is 2. The fourth-order valence-electron chi connectivity index (χ4n) is 1.74. The third-order valence-corrected chi connectivity index (χ3v) is 2.89. The lowest BCUT2D eigenvalue weighted by atomic mass is 9.97. The Hall–Kier alpha value is -2.05. The van der Waals surface area contributed by atoms with Gasteiger partial charge in [0.25, 0.3) is 0 Å². The molecular weight excluding hydrogens is 358 g/mol. The van der Waals surface area contributed by atoms with Crippen LogP contribution in [0, 0.1) is 0 Å². The molecule has 1 rings (SSSR count). The van der Waals surface area contributed by atoms with Crippen molar-refractivity contribution in [3.05, 3.63) is 0 Å². The largest absolute Gasteiger partial charge is 0.550 e. The maximum absolute atomic E-state index is 12.8. The molecule has 0 bridgehead atoms. The molecule has 1 fully saturated rings. The van der Waals surface area contributed by atoms with Crippen molar-refractivity contribution in [3.8, 4) is 0 Å². The minimum atomic E-state index is -6.28. The van der Waals surface area contributed by atoms with Gasteiger partial charge in [0.2, 0.25) is 0 Å². The number of hydrogen-bond donors (Lipinski definition) is 0. The molecule has 0 aromatic rings. The maximum atomic E-state index is 12.8. The highest BCUT2D eigenvalue weighted by Gasteiger charge is 2.74. The highest BCUT2D eigenvalue weighted by atomic mass is 19.4. The summed E-state index contributed by atoms with van der Waals surface area (Å²) in [7, 11) is 0. The number of carboxylic acids is 1. The van der Waals surface area contributed by atoms with Crippen LogP contribution in [0.2, 0.25) is 0 Å². The monoisotopic (exact) mass is 367 g/mol. The van der Waals surface area contributed by atoms with E-state index in [9.17, 15) is 45.8 Å². The Bertz CT molecular complexity index is 498. The molecule has 1 saturated heterocycles. The third-order valence-electron chi connectivity index (χ3n) is 2.89. The summed E-state index contributed by atoms with van der Waals surface area (Å²) in [5.41, 5.74) is -5.30. The molecule has 7 nitrogen and oxygen atoms in total. The molecule has 1 aliphatic heterocycles. The Morgan fingerprint density at radius 3 is 2.08 bits per heavy atom. The minimum absolute atomic E-state index is 0.0607. The summed E-state index contributed by atoms with van der Waals surface area (Å²) in [5, 5.41) is 10.3. The van der Waals surface area contributed by atoms with Crippen molar-refractivity contribution in [1.82, 2.24) is 0 Å². The molecule has 0 aliphatic carbocycles. The zero-order valence-electron chi connectivity index (χ0n) is 11.5. The Morgan fingerprint density at radius 1 is 1.17 bits per heavy atom. The number of carbonyl (C=O) groups excluding carboxylic acids is 3. The van der Waals surface area contributed by atoms with Gasteiger partial charge in [-0.3, -0.25) is 0 Å². The van der Waals surface area contributed by atoms with Gasteiger partial charge in [-0.05, 0) is 0 Å². The second kappa shape index (κ2) is 6.83. The van der Waals surface area contributed by atoms with E-state index in [2.05, 4.69) is 14.2 Å². The van der Waals surface area contributed by atoms with Gasteiger partial charge >= 0.3 is 29.9 Å². The fraction of sp³-hybridized carbons (Fsp3) is 0.727. The number of rotatable bonds is 6. The summed E-state index contributed by atoms with van der Waals surface area (Å²) < 4.78 is 89.0. The third kappa shape index (κ3) is 4.27. The predicted molar refractivity (Wildman–Crippen MR) is 55.9 cm³/mol. The van der Waals surface area contributed by atoms with Gasteiger partial charge in [-0.2, -0.15) is 26.3 Å². The normalized spacial score (nSPS) is 19.1. The molecule has 0 N–H and O–H groups in total. The van der Waals surface area contributed by atoms with Crippen LogP contribution in [0.1, 0.15) is 12.8 Å². The molecule has 24 heavy (non-hydrogen) atoms. The SMILES string of the molecule is O=C([O-])CC(OC(=O)COC1CCOC1=O)(C(F)(F)F)C(F)(F)F. The van der Waals surface area contributed by atoms with Gasteiger partial charge in [-0.15, -0.1) is 0 Å². The number of halogens is 6. The molecule has 0 spiro atoms. The van der Waals surface area contributed by atoms with Gasteiger partial charge in [-0.25, -0.2) is 9.59 Å². The van der Waals surface area contributed by atoms with Crippen molar-refractivity contribution in [2.45, 2.75) is 36.9 Å². The molecule has 0 aromatic carbocycles. The lowest BCUT2D eigenvalue weighted by Gasteiger charge is -2.36. The summed E-state index contributed by atoms with van der Waals surface area (Å²) in [6.07, 6.45) is -16.7. The molecule has 1 aliphatic rings. The fourth-order valence-corrected chi connectivity index (χ4v) is 1.74. The molecule has 13 heteroatoms. The summed E-state index contributed by atoms with van der Waals surface area (Å²) in [6, 6.07) is 0.